The van der Waals surface area contributed by atoms with Crippen LogP contribution >= 0.6 is 11.6 Å². The number of aliphatic hydroxyl groups is 1. The van der Waals surface area contributed by atoms with Crippen LogP contribution < -0.4 is 9.04 Å². The number of fused-ring (bicyclic) bond motifs is 1. The maximum absolute atomic E-state index is 14.2. The highest BCUT2D eigenvalue weighted by atomic mass is 35.5. The molecule has 2 heterocycles. The van der Waals surface area contributed by atoms with Crippen molar-refractivity contribution in [1.29, 1.82) is 5.26 Å². The van der Waals surface area contributed by atoms with Gasteiger partial charge < -0.3 is 9.84 Å². The highest BCUT2D eigenvalue weighted by Crippen LogP contribution is 2.45. The number of hydrogen-bond acceptors (Lipinski definition) is 6. The Morgan fingerprint density at radius 2 is 1.92 bits per heavy atom. The maximum Gasteiger partial charge on any atom is 0.433 e. The number of rotatable bonds is 7. The van der Waals surface area contributed by atoms with Gasteiger partial charge in [-0.3, -0.25) is 9.29 Å². The summed E-state index contributed by atoms with van der Waals surface area (Å²) in [4.78, 5) is 3.15. The van der Waals surface area contributed by atoms with E-state index >= 15 is 0 Å². The Kier molecular flexibility index (Phi) is 7.85. The van der Waals surface area contributed by atoms with E-state index in [-0.39, 0.29) is 64.0 Å². The van der Waals surface area contributed by atoms with Crippen molar-refractivity contribution in [3.8, 4) is 22.9 Å². The molecule has 1 aliphatic rings. The van der Waals surface area contributed by atoms with Crippen LogP contribution in [0.3, 0.4) is 0 Å². The van der Waals surface area contributed by atoms with E-state index in [4.69, 9.17) is 16.3 Å². The minimum atomic E-state index is -4.78. The second-order valence-corrected chi connectivity index (χ2v) is 11.9. The molecule has 2 aromatic carbocycles. The number of anilines is 1. The summed E-state index contributed by atoms with van der Waals surface area (Å²) in [5.74, 6) is -0.0853. The monoisotopic (exact) mass is 579 g/mol. The molecule has 0 fully saturated rings. The van der Waals surface area contributed by atoms with Crippen molar-refractivity contribution in [2.45, 2.75) is 43.2 Å². The summed E-state index contributed by atoms with van der Waals surface area (Å²) in [6, 6.07) is 11.9. The summed E-state index contributed by atoms with van der Waals surface area (Å²) in [6.07, 6.45) is -3.17. The highest BCUT2D eigenvalue weighted by Gasteiger charge is 2.39. The van der Waals surface area contributed by atoms with Gasteiger partial charge in [-0.2, -0.15) is 18.4 Å². The van der Waals surface area contributed by atoms with Crippen molar-refractivity contribution in [1.82, 2.24) is 4.98 Å². The van der Waals surface area contributed by atoms with Gasteiger partial charge in [-0.05, 0) is 35.6 Å². The first-order chi connectivity index (χ1) is 18.3. The molecule has 1 aliphatic heterocycles. The van der Waals surface area contributed by atoms with E-state index < -0.39 is 21.9 Å². The minimum Gasteiger partial charge on any atom is -0.492 e. The molecule has 7 nitrogen and oxygen atoms in total. The van der Waals surface area contributed by atoms with Crippen LogP contribution in [0.25, 0.3) is 11.1 Å². The van der Waals surface area contributed by atoms with Gasteiger partial charge in [-0.15, -0.1) is 0 Å². The fraction of sp³-hybridized carbons (Fsp3) is 0.333. The SMILES string of the molecule is CC1(C)CCN(S(=O)(=O)c2cc(-c3cnc(C(F)(F)F)cc3C#N)c(Cl)cc2OCCCO)c2ccccc21. The Balaban J connectivity index is 1.91. The van der Waals surface area contributed by atoms with Gasteiger partial charge in [0.25, 0.3) is 10.0 Å². The van der Waals surface area contributed by atoms with Crippen LogP contribution in [0, 0.1) is 11.3 Å². The molecule has 0 unspecified atom stereocenters. The standard InChI is InChI=1S/C27H25ClF3N3O4S/c1-26(2)8-9-34(22-7-4-3-6-20(22)26)39(36,37)24-13-18(21(28)14-23(24)38-11-5-10-35)19-16-33-25(27(29,30)31)12-17(19)15-32/h3-4,6-7,12-14,16,35H,5,8-11H2,1-2H3. The van der Waals surface area contributed by atoms with Gasteiger partial charge in [0.2, 0.25) is 0 Å². The fourth-order valence-corrected chi connectivity index (χ4v) is 6.37. The molecular formula is C27H25ClF3N3O4S. The van der Waals surface area contributed by atoms with Crippen LogP contribution in [0.2, 0.25) is 5.02 Å². The van der Waals surface area contributed by atoms with Gasteiger partial charge in [0.15, 0.2) is 0 Å². The topological polar surface area (TPSA) is 104 Å². The predicted octanol–water partition coefficient (Wildman–Crippen LogP) is 5.93. The summed E-state index contributed by atoms with van der Waals surface area (Å²) >= 11 is 6.46. The first kappa shape index (κ1) is 28.7. The van der Waals surface area contributed by atoms with Crippen LogP contribution in [-0.4, -0.2) is 38.3 Å². The average Bonchev–Trinajstić information content (AvgIpc) is 2.88. The zero-order valence-corrected chi connectivity index (χ0v) is 22.7. The minimum absolute atomic E-state index is 0.00755. The smallest absolute Gasteiger partial charge is 0.433 e. The number of hydrogen-bond donors (Lipinski definition) is 1. The Bertz CT molecular complexity index is 1550. The summed E-state index contributed by atoms with van der Waals surface area (Å²) in [5, 5.41) is 18.7. The quantitative estimate of drug-likeness (QED) is 0.348. The molecule has 0 bridgehead atoms. The molecule has 0 saturated heterocycles. The van der Waals surface area contributed by atoms with Crippen LogP contribution in [0.5, 0.6) is 5.75 Å². The lowest BCUT2D eigenvalue weighted by molar-refractivity contribution is -0.141. The molecule has 39 heavy (non-hydrogen) atoms. The Morgan fingerprint density at radius 3 is 2.59 bits per heavy atom. The zero-order valence-electron chi connectivity index (χ0n) is 21.1. The van der Waals surface area contributed by atoms with Crippen LogP contribution in [0.1, 0.15) is 43.5 Å². The van der Waals surface area contributed by atoms with E-state index in [9.17, 15) is 32.0 Å². The van der Waals surface area contributed by atoms with Crippen LogP contribution in [0.4, 0.5) is 18.9 Å². The third kappa shape index (κ3) is 5.55. The number of sulfonamides is 1. The first-order valence-corrected chi connectivity index (χ1v) is 13.8. The van der Waals surface area contributed by atoms with Crippen molar-refractivity contribution < 1.29 is 31.4 Å². The average molecular weight is 580 g/mol. The Hall–Kier alpha value is -3.33. The first-order valence-electron chi connectivity index (χ1n) is 12.0. The molecule has 0 atom stereocenters. The maximum atomic E-state index is 14.2. The molecule has 0 saturated carbocycles. The van der Waals surface area contributed by atoms with Gasteiger partial charge in [-0.25, -0.2) is 8.42 Å². The van der Waals surface area contributed by atoms with Gasteiger partial charge in [0.05, 0.1) is 28.9 Å². The van der Waals surface area contributed by atoms with Crippen LogP contribution in [-0.2, 0) is 21.6 Å². The third-order valence-electron chi connectivity index (χ3n) is 6.61. The number of halogens is 4. The lowest BCUT2D eigenvalue weighted by atomic mass is 9.78. The van der Waals surface area contributed by atoms with Crippen molar-refractivity contribution in [3.05, 3.63) is 70.5 Å². The summed E-state index contributed by atoms with van der Waals surface area (Å²) < 4.78 is 74.9. The molecule has 4 rings (SSSR count). The van der Waals surface area contributed by atoms with E-state index in [0.29, 0.717) is 18.2 Å². The fourth-order valence-electron chi connectivity index (χ4n) is 4.49. The number of aliphatic hydroxyl groups excluding tert-OH is 1. The lowest BCUT2D eigenvalue weighted by Gasteiger charge is -2.39. The summed E-state index contributed by atoms with van der Waals surface area (Å²) in [7, 11) is -4.29. The summed E-state index contributed by atoms with van der Waals surface area (Å²) in [6.45, 7) is 4.03. The molecule has 206 valence electrons. The second-order valence-electron chi connectivity index (χ2n) is 9.66. The number of nitriles is 1. The van der Waals surface area contributed by atoms with Crippen molar-refractivity contribution >= 4 is 27.3 Å². The van der Waals surface area contributed by atoms with E-state index in [1.165, 1.54) is 16.4 Å². The zero-order chi connectivity index (χ0) is 28.6. The molecule has 0 spiro atoms. The van der Waals surface area contributed by atoms with Crippen molar-refractivity contribution in [2.24, 2.45) is 0 Å². The number of aromatic nitrogens is 1. The van der Waals surface area contributed by atoms with Crippen molar-refractivity contribution in [3.63, 3.8) is 0 Å². The molecule has 0 amide bonds. The van der Waals surface area contributed by atoms with E-state index in [0.717, 1.165) is 11.8 Å². The lowest BCUT2D eigenvalue weighted by Crippen LogP contribution is -2.41. The highest BCUT2D eigenvalue weighted by molar-refractivity contribution is 7.93. The van der Waals surface area contributed by atoms with Crippen molar-refractivity contribution in [2.75, 3.05) is 24.1 Å². The van der Waals surface area contributed by atoms with Gasteiger partial charge in [0.1, 0.15) is 16.3 Å². The van der Waals surface area contributed by atoms with E-state index in [2.05, 4.69) is 4.98 Å². The predicted molar refractivity (Wildman–Crippen MR) is 140 cm³/mol. The second kappa shape index (κ2) is 10.7. The number of alkyl halides is 3. The van der Waals surface area contributed by atoms with Crippen LogP contribution in [0.15, 0.2) is 53.6 Å². The Labute approximate surface area is 229 Å². The summed E-state index contributed by atoms with van der Waals surface area (Å²) in [5.41, 5.74) is -0.620. The Morgan fingerprint density at radius 1 is 1.21 bits per heavy atom. The number of benzene rings is 2. The number of nitrogens with zero attached hydrogens (tertiary/aromatic N) is 3. The van der Waals surface area contributed by atoms with E-state index in [1.54, 1.807) is 18.2 Å². The molecule has 12 heteroatoms. The normalized spacial score (nSPS) is 15.0. The van der Waals surface area contributed by atoms with Gasteiger partial charge >= 0.3 is 6.18 Å². The molecule has 0 radical (unpaired) electrons. The molecule has 1 aromatic heterocycles. The molecule has 0 aliphatic carbocycles. The van der Waals surface area contributed by atoms with Gasteiger partial charge in [-0.1, -0.05) is 43.6 Å². The van der Waals surface area contributed by atoms with E-state index in [1.807, 2.05) is 26.0 Å². The molecule has 1 N–H and O–H groups in total. The number of ether oxygens (including phenoxy) is 1. The van der Waals surface area contributed by atoms with Gasteiger partial charge in [0, 0.05) is 43.0 Å². The molecule has 3 aromatic rings. The number of para-hydroxylation sites is 1. The number of pyridine rings is 1. The molecular weight excluding hydrogens is 555 g/mol. The third-order valence-corrected chi connectivity index (χ3v) is 8.76. The largest absolute Gasteiger partial charge is 0.492 e.